The highest BCUT2D eigenvalue weighted by atomic mass is 32.2. The van der Waals surface area contributed by atoms with Crippen molar-refractivity contribution in [3.05, 3.63) is 65.7 Å². The Kier molecular flexibility index (Phi) is 5.17. The summed E-state index contributed by atoms with van der Waals surface area (Å²) in [6, 6.07) is 13.6. The van der Waals surface area contributed by atoms with Gasteiger partial charge in [0.25, 0.3) is 0 Å². The van der Waals surface area contributed by atoms with Crippen molar-refractivity contribution in [3.8, 4) is 5.75 Å². The Balaban J connectivity index is 1.73. The van der Waals surface area contributed by atoms with E-state index in [1.807, 2.05) is 37.3 Å². The summed E-state index contributed by atoms with van der Waals surface area (Å²) in [5, 5.41) is 3.65. The summed E-state index contributed by atoms with van der Waals surface area (Å²) >= 11 is 0. The van der Waals surface area contributed by atoms with Crippen LogP contribution in [0.2, 0.25) is 0 Å². The fourth-order valence-electron chi connectivity index (χ4n) is 4.29. The molecule has 2 aromatic rings. The molecule has 0 spiro atoms. The van der Waals surface area contributed by atoms with Crippen LogP contribution in [-0.4, -0.2) is 22.1 Å². The van der Waals surface area contributed by atoms with E-state index in [-0.39, 0.29) is 12.0 Å². The number of hydrogen-bond acceptors (Lipinski definition) is 4. The number of methoxy groups -OCH3 is 1. The quantitative estimate of drug-likeness (QED) is 0.716. The second-order valence-electron chi connectivity index (χ2n) is 7.36. The average molecular weight is 399 g/mol. The zero-order valence-electron chi connectivity index (χ0n) is 16.2. The van der Waals surface area contributed by atoms with E-state index in [2.05, 4.69) is 28.3 Å². The first kappa shape index (κ1) is 19.0. The number of sulfonamides is 1. The van der Waals surface area contributed by atoms with Crippen LogP contribution >= 0.6 is 0 Å². The Bertz CT molecular complexity index is 1000. The van der Waals surface area contributed by atoms with Gasteiger partial charge in [0, 0.05) is 23.7 Å². The standard InChI is InChI=1S/C22H26N2O3S/c1-3-13-23-28(25,26)15-11-12-20-19(14-15)16-8-6-9-17(16)22(24-20)18-7-4-5-10-21(18)27-2/h4-8,10-12,14,16-17,22-24H,3,9,13H2,1-2H3. The van der Waals surface area contributed by atoms with Crippen molar-refractivity contribution in [1.82, 2.24) is 4.72 Å². The summed E-state index contributed by atoms with van der Waals surface area (Å²) in [6.45, 7) is 2.39. The minimum absolute atomic E-state index is 0.115. The van der Waals surface area contributed by atoms with Crippen LogP contribution < -0.4 is 14.8 Å². The van der Waals surface area contributed by atoms with Crippen molar-refractivity contribution in [2.75, 3.05) is 19.0 Å². The van der Waals surface area contributed by atoms with E-state index < -0.39 is 10.0 Å². The number of ether oxygens (including phenoxy) is 1. The van der Waals surface area contributed by atoms with Crippen molar-refractivity contribution in [2.45, 2.75) is 36.6 Å². The third-order valence-electron chi connectivity index (χ3n) is 5.66. The number of nitrogens with one attached hydrogen (secondary N) is 2. The molecule has 6 heteroatoms. The molecule has 4 rings (SSSR count). The van der Waals surface area contributed by atoms with Gasteiger partial charge in [-0.3, -0.25) is 0 Å². The molecular formula is C22H26N2O3S. The Morgan fingerprint density at radius 1 is 1.18 bits per heavy atom. The minimum Gasteiger partial charge on any atom is -0.496 e. The first-order chi connectivity index (χ1) is 13.5. The van der Waals surface area contributed by atoms with E-state index in [0.717, 1.165) is 35.4 Å². The first-order valence-corrected chi connectivity index (χ1v) is 11.2. The van der Waals surface area contributed by atoms with Crippen LogP contribution in [0.5, 0.6) is 5.75 Å². The molecule has 0 fully saturated rings. The molecule has 28 heavy (non-hydrogen) atoms. The molecule has 0 radical (unpaired) electrons. The van der Waals surface area contributed by atoms with Crippen LogP contribution in [0.4, 0.5) is 5.69 Å². The lowest BCUT2D eigenvalue weighted by Crippen LogP contribution is -2.30. The summed E-state index contributed by atoms with van der Waals surface area (Å²) in [6.07, 6.45) is 6.12. The van der Waals surface area contributed by atoms with Crippen molar-refractivity contribution in [3.63, 3.8) is 0 Å². The molecule has 1 aliphatic heterocycles. The number of anilines is 1. The number of allylic oxidation sites excluding steroid dienone is 2. The monoisotopic (exact) mass is 398 g/mol. The molecule has 3 unspecified atom stereocenters. The lowest BCUT2D eigenvalue weighted by molar-refractivity contribution is 0.381. The number of para-hydroxylation sites is 1. The maximum atomic E-state index is 12.6. The Morgan fingerprint density at radius 3 is 2.79 bits per heavy atom. The molecule has 0 amide bonds. The molecule has 0 aromatic heterocycles. The molecular weight excluding hydrogens is 372 g/mol. The van der Waals surface area contributed by atoms with Gasteiger partial charge >= 0.3 is 0 Å². The number of hydrogen-bond donors (Lipinski definition) is 2. The lowest BCUT2D eigenvalue weighted by atomic mass is 9.77. The van der Waals surface area contributed by atoms with E-state index in [1.165, 1.54) is 0 Å². The topological polar surface area (TPSA) is 67.4 Å². The average Bonchev–Trinajstić information content (AvgIpc) is 3.21. The van der Waals surface area contributed by atoms with Crippen LogP contribution in [0.3, 0.4) is 0 Å². The van der Waals surface area contributed by atoms with E-state index in [9.17, 15) is 8.42 Å². The largest absolute Gasteiger partial charge is 0.496 e. The number of fused-ring (bicyclic) bond motifs is 3. The summed E-state index contributed by atoms with van der Waals surface area (Å²) < 4.78 is 33.4. The maximum Gasteiger partial charge on any atom is 0.240 e. The van der Waals surface area contributed by atoms with E-state index in [1.54, 1.807) is 13.2 Å². The normalized spacial score (nSPS) is 23.0. The highest BCUT2D eigenvalue weighted by Gasteiger charge is 2.39. The highest BCUT2D eigenvalue weighted by molar-refractivity contribution is 7.89. The van der Waals surface area contributed by atoms with Crippen LogP contribution in [-0.2, 0) is 10.0 Å². The van der Waals surface area contributed by atoms with Crippen molar-refractivity contribution < 1.29 is 13.2 Å². The Hall–Kier alpha value is -2.31. The van der Waals surface area contributed by atoms with Gasteiger partial charge in [-0.1, -0.05) is 37.3 Å². The first-order valence-electron chi connectivity index (χ1n) is 9.75. The third-order valence-corrected chi connectivity index (χ3v) is 7.12. The van der Waals surface area contributed by atoms with Gasteiger partial charge < -0.3 is 10.1 Å². The van der Waals surface area contributed by atoms with Crippen molar-refractivity contribution in [2.24, 2.45) is 5.92 Å². The molecule has 0 bridgehead atoms. The summed E-state index contributed by atoms with van der Waals surface area (Å²) in [4.78, 5) is 0.330. The molecule has 5 nitrogen and oxygen atoms in total. The van der Waals surface area contributed by atoms with Gasteiger partial charge in [0.05, 0.1) is 18.0 Å². The zero-order chi connectivity index (χ0) is 19.7. The van der Waals surface area contributed by atoms with Crippen LogP contribution in [0.1, 0.15) is 42.9 Å². The van der Waals surface area contributed by atoms with Gasteiger partial charge in [-0.2, -0.15) is 0 Å². The second-order valence-corrected chi connectivity index (χ2v) is 9.13. The van der Waals surface area contributed by atoms with Gasteiger partial charge in [-0.15, -0.1) is 0 Å². The van der Waals surface area contributed by atoms with Crippen molar-refractivity contribution >= 4 is 15.7 Å². The summed E-state index contributed by atoms with van der Waals surface area (Å²) in [5.41, 5.74) is 3.16. The molecule has 148 valence electrons. The second kappa shape index (κ2) is 7.60. The molecule has 1 aliphatic carbocycles. The third kappa shape index (κ3) is 3.31. The van der Waals surface area contributed by atoms with Gasteiger partial charge in [0.15, 0.2) is 0 Å². The SMILES string of the molecule is CCCNS(=O)(=O)c1ccc2c(c1)C1C=CCC1C(c1ccccc1OC)N2. The molecule has 2 aliphatic rings. The molecule has 2 aromatic carbocycles. The van der Waals surface area contributed by atoms with E-state index >= 15 is 0 Å². The minimum atomic E-state index is -3.48. The van der Waals surface area contributed by atoms with Gasteiger partial charge in [-0.05, 0) is 48.6 Å². The maximum absolute atomic E-state index is 12.6. The fraction of sp³-hybridized carbons (Fsp3) is 0.364. The fourth-order valence-corrected chi connectivity index (χ4v) is 5.46. The molecule has 0 saturated heterocycles. The summed E-state index contributed by atoms with van der Waals surface area (Å²) in [7, 11) is -1.79. The predicted molar refractivity (Wildman–Crippen MR) is 111 cm³/mol. The van der Waals surface area contributed by atoms with Crippen molar-refractivity contribution in [1.29, 1.82) is 0 Å². The summed E-state index contributed by atoms with van der Waals surface area (Å²) in [5.74, 6) is 1.38. The van der Waals surface area contributed by atoms with Gasteiger partial charge in [0.2, 0.25) is 10.0 Å². The van der Waals surface area contributed by atoms with Gasteiger partial charge in [0.1, 0.15) is 5.75 Å². The smallest absolute Gasteiger partial charge is 0.240 e. The van der Waals surface area contributed by atoms with Crippen LogP contribution in [0, 0.1) is 5.92 Å². The number of benzene rings is 2. The zero-order valence-corrected chi connectivity index (χ0v) is 17.0. The van der Waals surface area contributed by atoms with E-state index in [4.69, 9.17) is 4.74 Å². The molecule has 0 saturated carbocycles. The molecule has 2 N–H and O–H groups in total. The van der Waals surface area contributed by atoms with E-state index in [0.29, 0.717) is 17.4 Å². The number of rotatable bonds is 6. The lowest BCUT2D eigenvalue weighted by Gasteiger charge is -2.38. The Morgan fingerprint density at radius 2 is 2.00 bits per heavy atom. The van der Waals surface area contributed by atoms with Gasteiger partial charge in [-0.25, -0.2) is 13.1 Å². The van der Waals surface area contributed by atoms with Crippen LogP contribution in [0.25, 0.3) is 0 Å². The van der Waals surface area contributed by atoms with Crippen LogP contribution in [0.15, 0.2) is 59.5 Å². The highest BCUT2D eigenvalue weighted by Crippen LogP contribution is 2.51. The molecule has 3 atom stereocenters. The Labute approximate surface area is 166 Å². The molecule has 1 heterocycles. The predicted octanol–water partition coefficient (Wildman–Crippen LogP) is 4.21.